The number of piperazine rings is 1. The van der Waals surface area contributed by atoms with E-state index in [-0.39, 0.29) is 0 Å². The van der Waals surface area contributed by atoms with Crippen LogP contribution in [0.25, 0.3) is 26.4 Å². The molecule has 3 heterocycles. The molecule has 0 saturated carbocycles. The maximum absolute atomic E-state index is 11.6. The molecule has 2 N–H and O–H groups in total. The van der Waals surface area contributed by atoms with Gasteiger partial charge in [-0.2, -0.15) is 4.31 Å². The van der Waals surface area contributed by atoms with Crippen molar-refractivity contribution < 1.29 is 13.2 Å². The fraction of sp³-hybridized carbons (Fsp3) is 0.348. The first-order valence-corrected chi connectivity index (χ1v) is 13.6. The van der Waals surface area contributed by atoms with E-state index in [9.17, 15) is 8.42 Å². The summed E-state index contributed by atoms with van der Waals surface area (Å²) < 4.78 is 34.0. The molecule has 5 rings (SSSR count). The van der Waals surface area contributed by atoms with Gasteiger partial charge in [-0.1, -0.05) is 23.5 Å². The van der Waals surface area contributed by atoms with Crippen LogP contribution < -0.4 is 10.5 Å². The predicted octanol–water partition coefficient (Wildman–Crippen LogP) is 3.14. The molecule has 8 nitrogen and oxygen atoms in total. The molecule has 174 valence electrons. The minimum atomic E-state index is -3.08. The summed E-state index contributed by atoms with van der Waals surface area (Å²) >= 11 is 1.64. The molecule has 0 radical (unpaired) electrons. The van der Waals surface area contributed by atoms with Gasteiger partial charge in [0.15, 0.2) is 4.96 Å². The van der Waals surface area contributed by atoms with Crippen molar-refractivity contribution >= 4 is 42.2 Å². The summed E-state index contributed by atoms with van der Waals surface area (Å²) in [6, 6.07) is 13.9. The Bertz CT molecular complexity index is 1370. The minimum Gasteiger partial charge on any atom is -0.493 e. The van der Waals surface area contributed by atoms with Crippen LogP contribution in [0, 0.1) is 0 Å². The van der Waals surface area contributed by atoms with E-state index in [0.29, 0.717) is 19.7 Å². The Hall–Kier alpha value is -2.66. The van der Waals surface area contributed by atoms with Gasteiger partial charge in [0, 0.05) is 50.2 Å². The van der Waals surface area contributed by atoms with Crippen LogP contribution in [-0.2, 0) is 10.0 Å². The summed E-state index contributed by atoms with van der Waals surface area (Å²) in [5, 5.41) is 0. The quantitative estimate of drug-likeness (QED) is 0.319. The fourth-order valence-corrected chi connectivity index (χ4v) is 5.99. The molecule has 0 atom stereocenters. The second-order valence-electron chi connectivity index (χ2n) is 8.34. The van der Waals surface area contributed by atoms with Crippen LogP contribution in [0.2, 0.25) is 0 Å². The second kappa shape index (κ2) is 8.94. The number of nitrogen functional groups attached to an aromatic ring is 1. The summed E-state index contributed by atoms with van der Waals surface area (Å²) in [7, 11) is -3.08. The number of thiazole rings is 1. The Labute approximate surface area is 197 Å². The molecule has 0 amide bonds. The highest BCUT2D eigenvalue weighted by atomic mass is 32.2. The van der Waals surface area contributed by atoms with E-state index in [1.165, 1.54) is 6.26 Å². The fourth-order valence-electron chi connectivity index (χ4n) is 4.13. The number of sulfonamides is 1. The van der Waals surface area contributed by atoms with Crippen LogP contribution in [-0.4, -0.2) is 72.6 Å². The van der Waals surface area contributed by atoms with Gasteiger partial charge in [-0.3, -0.25) is 4.40 Å². The van der Waals surface area contributed by atoms with Gasteiger partial charge < -0.3 is 15.4 Å². The maximum Gasteiger partial charge on any atom is 0.211 e. The van der Waals surface area contributed by atoms with Crippen molar-refractivity contribution in [3.8, 4) is 17.0 Å². The predicted molar refractivity (Wildman–Crippen MR) is 133 cm³/mol. The number of anilines is 1. The van der Waals surface area contributed by atoms with Crippen LogP contribution >= 0.6 is 11.3 Å². The van der Waals surface area contributed by atoms with Gasteiger partial charge in [0.2, 0.25) is 10.0 Å². The van der Waals surface area contributed by atoms with E-state index >= 15 is 0 Å². The third-order valence-electron chi connectivity index (χ3n) is 5.96. The first kappa shape index (κ1) is 22.1. The molecule has 4 aromatic rings. The van der Waals surface area contributed by atoms with Crippen LogP contribution in [0.5, 0.6) is 5.75 Å². The number of nitrogens with zero attached hydrogens (tertiary/aromatic N) is 4. The molecule has 33 heavy (non-hydrogen) atoms. The van der Waals surface area contributed by atoms with Crippen molar-refractivity contribution in [1.29, 1.82) is 0 Å². The van der Waals surface area contributed by atoms with E-state index in [1.54, 1.807) is 15.6 Å². The summed E-state index contributed by atoms with van der Waals surface area (Å²) in [6.07, 6.45) is 4.23. The zero-order valence-corrected chi connectivity index (χ0v) is 20.1. The molecule has 2 aromatic heterocycles. The van der Waals surface area contributed by atoms with Gasteiger partial charge in [-0.05, 0) is 36.8 Å². The van der Waals surface area contributed by atoms with Crippen molar-refractivity contribution in [2.45, 2.75) is 6.42 Å². The highest BCUT2D eigenvalue weighted by molar-refractivity contribution is 7.88. The van der Waals surface area contributed by atoms with Crippen molar-refractivity contribution in [3.63, 3.8) is 0 Å². The molecule has 0 unspecified atom stereocenters. The van der Waals surface area contributed by atoms with E-state index in [1.807, 2.05) is 30.3 Å². The molecule has 0 aliphatic carbocycles. The van der Waals surface area contributed by atoms with E-state index in [2.05, 4.69) is 27.6 Å². The first-order valence-electron chi connectivity index (χ1n) is 10.9. The summed E-state index contributed by atoms with van der Waals surface area (Å²) in [6.45, 7) is 4.20. The van der Waals surface area contributed by atoms with Gasteiger partial charge in [0.25, 0.3) is 0 Å². The Balaban J connectivity index is 1.17. The number of ether oxygens (including phenoxy) is 1. The summed E-state index contributed by atoms with van der Waals surface area (Å²) in [4.78, 5) is 8.02. The molecule has 1 fully saturated rings. The maximum atomic E-state index is 11.6. The SMILES string of the molecule is CS(=O)(=O)N1CCN(CCCOc2ccc3c(c2)sc2nc(-c4ccc(N)cc4)cn23)CC1. The number of fused-ring (bicyclic) bond motifs is 3. The largest absolute Gasteiger partial charge is 0.493 e. The summed E-state index contributed by atoms with van der Waals surface area (Å²) in [5.41, 5.74) is 9.62. The molecule has 0 bridgehead atoms. The average Bonchev–Trinajstić information content (AvgIpc) is 3.35. The first-order chi connectivity index (χ1) is 15.9. The second-order valence-corrected chi connectivity index (χ2v) is 11.3. The topological polar surface area (TPSA) is 93.2 Å². The number of aromatic nitrogens is 2. The van der Waals surface area contributed by atoms with E-state index < -0.39 is 10.0 Å². The van der Waals surface area contributed by atoms with Gasteiger partial charge in [0.1, 0.15) is 5.75 Å². The van der Waals surface area contributed by atoms with Crippen molar-refractivity contribution in [2.75, 3.05) is 51.3 Å². The van der Waals surface area contributed by atoms with Gasteiger partial charge >= 0.3 is 0 Å². The molecule has 1 aliphatic heterocycles. The van der Waals surface area contributed by atoms with Crippen LogP contribution in [0.15, 0.2) is 48.7 Å². The van der Waals surface area contributed by atoms with Crippen LogP contribution in [0.4, 0.5) is 5.69 Å². The lowest BCUT2D eigenvalue weighted by Crippen LogP contribution is -2.48. The van der Waals surface area contributed by atoms with Crippen molar-refractivity contribution in [3.05, 3.63) is 48.7 Å². The molecule has 1 aliphatic rings. The molecular formula is C23H27N5O3S2. The highest BCUT2D eigenvalue weighted by Crippen LogP contribution is 2.32. The standard InChI is InChI=1S/C23H27N5O3S2/c1-33(29,30)27-12-10-26(11-13-27)9-2-14-31-19-7-8-21-22(15-19)32-23-25-20(16-28(21)23)17-3-5-18(24)6-4-17/h3-8,15-16H,2,9-14,24H2,1H3. The smallest absolute Gasteiger partial charge is 0.211 e. The minimum absolute atomic E-state index is 0.566. The molecule has 1 saturated heterocycles. The molecule has 2 aromatic carbocycles. The lowest BCUT2D eigenvalue weighted by molar-refractivity contribution is 0.175. The molecule has 10 heteroatoms. The van der Waals surface area contributed by atoms with Gasteiger partial charge in [0.05, 0.1) is 28.8 Å². The molecule has 0 spiro atoms. The van der Waals surface area contributed by atoms with Gasteiger partial charge in [-0.25, -0.2) is 13.4 Å². The average molecular weight is 486 g/mol. The lowest BCUT2D eigenvalue weighted by atomic mass is 10.1. The Morgan fingerprint density at radius 1 is 1.09 bits per heavy atom. The number of hydrogen-bond donors (Lipinski definition) is 1. The zero-order chi connectivity index (χ0) is 23.0. The lowest BCUT2D eigenvalue weighted by Gasteiger charge is -2.33. The van der Waals surface area contributed by atoms with Crippen molar-refractivity contribution in [1.82, 2.24) is 18.6 Å². The normalized spacial score (nSPS) is 16.0. The monoisotopic (exact) mass is 485 g/mol. The van der Waals surface area contributed by atoms with Gasteiger partial charge in [-0.15, -0.1) is 0 Å². The molecular weight excluding hydrogens is 458 g/mol. The van der Waals surface area contributed by atoms with E-state index in [4.69, 9.17) is 15.5 Å². The Morgan fingerprint density at radius 2 is 1.85 bits per heavy atom. The highest BCUT2D eigenvalue weighted by Gasteiger charge is 2.22. The summed E-state index contributed by atoms with van der Waals surface area (Å²) in [5.74, 6) is 0.854. The van der Waals surface area contributed by atoms with Crippen LogP contribution in [0.3, 0.4) is 0 Å². The number of rotatable bonds is 7. The third kappa shape index (κ3) is 4.84. The third-order valence-corrected chi connectivity index (χ3v) is 8.28. The zero-order valence-electron chi connectivity index (χ0n) is 18.5. The number of hydrogen-bond acceptors (Lipinski definition) is 7. The van der Waals surface area contributed by atoms with Crippen molar-refractivity contribution in [2.24, 2.45) is 0 Å². The van der Waals surface area contributed by atoms with Crippen LogP contribution in [0.1, 0.15) is 6.42 Å². The number of nitrogens with two attached hydrogens (primary N) is 1. The number of benzene rings is 2. The Kier molecular flexibility index (Phi) is 6.00. The number of imidazole rings is 1. The Morgan fingerprint density at radius 3 is 2.58 bits per heavy atom. The van der Waals surface area contributed by atoms with E-state index in [0.717, 1.165) is 63.9 Å².